The van der Waals surface area contributed by atoms with Crippen LogP contribution in [0.5, 0.6) is 0 Å². The van der Waals surface area contributed by atoms with Crippen LogP contribution in [0.4, 0.5) is 5.69 Å². The van der Waals surface area contributed by atoms with Crippen molar-refractivity contribution in [1.82, 2.24) is 9.80 Å². The fourth-order valence-corrected chi connectivity index (χ4v) is 2.98. The Labute approximate surface area is 138 Å². The van der Waals surface area contributed by atoms with Crippen LogP contribution in [0, 0.1) is 0 Å². The van der Waals surface area contributed by atoms with Crippen LogP contribution in [0.3, 0.4) is 0 Å². The van der Waals surface area contributed by atoms with Crippen molar-refractivity contribution < 1.29 is 9.59 Å². The summed E-state index contributed by atoms with van der Waals surface area (Å²) in [6, 6.07) is 10.2. The van der Waals surface area contributed by atoms with E-state index in [1.807, 2.05) is 45.9 Å². The van der Waals surface area contributed by atoms with E-state index in [9.17, 15) is 9.59 Å². The van der Waals surface area contributed by atoms with Crippen LogP contribution in [0.2, 0.25) is 0 Å². The van der Waals surface area contributed by atoms with E-state index in [0.717, 1.165) is 18.8 Å². The van der Waals surface area contributed by atoms with Crippen molar-refractivity contribution in [2.45, 2.75) is 33.2 Å². The zero-order valence-electron chi connectivity index (χ0n) is 14.6. The minimum Gasteiger partial charge on any atom is -0.368 e. The van der Waals surface area contributed by atoms with Gasteiger partial charge in [0.25, 0.3) is 0 Å². The second-order valence-electron chi connectivity index (χ2n) is 6.84. The molecule has 0 spiro atoms. The van der Waals surface area contributed by atoms with Crippen LogP contribution in [0.15, 0.2) is 30.3 Å². The number of carbonyl (C=O) groups is 2. The third kappa shape index (κ3) is 4.03. The Balaban J connectivity index is 1.97. The van der Waals surface area contributed by atoms with E-state index < -0.39 is 5.91 Å². The van der Waals surface area contributed by atoms with E-state index in [1.165, 1.54) is 0 Å². The number of amides is 2. The van der Waals surface area contributed by atoms with Crippen LogP contribution < -0.4 is 4.90 Å². The van der Waals surface area contributed by atoms with Crippen LogP contribution in [0.1, 0.15) is 27.7 Å². The standard InChI is InChI=1S/C18H27N3O2/c1-5-21(18(2,3)4)17(23)16(22)20-13-11-19(12-14-20)15-9-7-6-8-10-15/h6-10H,5,11-14H2,1-4H3. The van der Waals surface area contributed by atoms with Crippen LogP contribution in [-0.4, -0.2) is 59.9 Å². The first-order valence-corrected chi connectivity index (χ1v) is 8.25. The first-order chi connectivity index (χ1) is 10.8. The number of hydrogen-bond donors (Lipinski definition) is 0. The number of carbonyl (C=O) groups excluding carboxylic acids is 2. The maximum absolute atomic E-state index is 12.5. The molecule has 1 aromatic carbocycles. The van der Waals surface area contributed by atoms with E-state index >= 15 is 0 Å². The molecule has 126 valence electrons. The second kappa shape index (κ2) is 7.02. The first kappa shape index (κ1) is 17.3. The number of nitrogens with zero attached hydrogens (tertiary/aromatic N) is 3. The molecule has 0 N–H and O–H groups in total. The van der Waals surface area contributed by atoms with E-state index in [4.69, 9.17) is 0 Å². The first-order valence-electron chi connectivity index (χ1n) is 8.25. The molecule has 23 heavy (non-hydrogen) atoms. The number of hydrogen-bond acceptors (Lipinski definition) is 3. The molecule has 2 rings (SSSR count). The van der Waals surface area contributed by atoms with Gasteiger partial charge < -0.3 is 14.7 Å². The summed E-state index contributed by atoms with van der Waals surface area (Å²) in [6.07, 6.45) is 0. The minimum absolute atomic E-state index is 0.340. The highest BCUT2D eigenvalue weighted by atomic mass is 16.2. The number of rotatable bonds is 2. The van der Waals surface area contributed by atoms with Gasteiger partial charge in [0.05, 0.1) is 0 Å². The summed E-state index contributed by atoms with van der Waals surface area (Å²) in [4.78, 5) is 30.6. The molecule has 0 aliphatic carbocycles. The van der Waals surface area contributed by atoms with Gasteiger partial charge >= 0.3 is 11.8 Å². The van der Waals surface area contributed by atoms with E-state index in [-0.39, 0.29) is 11.4 Å². The molecule has 0 saturated carbocycles. The van der Waals surface area contributed by atoms with Gasteiger partial charge in [-0.25, -0.2) is 0 Å². The molecule has 0 unspecified atom stereocenters. The van der Waals surface area contributed by atoms with E-state index in [1.54, 1.807) is 9.80 Å². The summed E-state index contributed by atoms with van der Waals surface area (Å²) >= 11 is 0. The maximum atomic E-state index is 12.5. The SMILES string of the molecule is CCN(C(=O)C(=O)N1CCN(c2ccccc2)CC1)C(C)(C)C. The molecule has 1 fully saturated rings. The number of para-hydroxylation sites is 1. The van der Waals surface area contributed by atoms with Crippen LogP contribution in [0.25, 0.3) is 0 Å². The predicted octanol–water partition coefficient (Wildman–Crippen LogP) is 1.98. The van der Waals surface area contributed by atoms with E-state index in [2.05, 4.69) is 17.0 Å². The molecule has 0 radical (unpaired) electrons. The lowest BCUT2D eigenvalue weighted by atomic mass is 10.1. The monoisotopic (exact) mass is 317 g/mol. The molecule has 5 nitrogen and oxygen atoms in total. The van der Waals surface area contributed by atoms with Crippen molar-refractivity contribution in [2.24, 2.45) is 0 Å². The highest BCUT2D eigenvalue weighted by Gasteiger charge is 2.33. The number of piperazine rings is 1. The van der Waals surface area contributed by atoms with Gasteiger partial charge in [0.2, 0.25) is 0 Å². The summed E-state index contributed by atoms with van der Waals surface area (Å²) in [7, 11) is 0. The van der Waals surface area contributed by atoms with Gasteiger partial charge in [-0.3, -0.25) is 9.59 Å². The zero-order chi connectivity index (χ0) is 17.0. The van der Waals surface area contributed by atoms with Crippen molar-refractivity contribution in [2.75, 3.05) is 37.6 Å². The highest BCUT2D eigenvalue weighted by molar-refractivity contribution is 6.35. The van der Waals surface area contributed by atoms with Gasteiger partial charge in [-0.1, -0.05) is 18.2 Å². The molecule has 0 bridgehead atoms. The lowest BCUT2D eigenvalue weighted by molar-refractivity contribution is -0.154. The molecular formula is C18H27N3O2. The molecule has 0 atom stereocenters. The van der Waals surface area contributed by atoms with Crippen molar-refractivity contribution in [3.8, 4) is 0 Å². The average molecular weight is 317 g/mol. The van der Waals surface area contributed by atoms with Crippen molar-refractivity contribution in [3.05, 3.63) is 30.3 Å². The van der Waals surface area contributed by atoms with Crippen molar-refractivity contribution >= 4 is 17.5 Å². The molecule has 2 amide bonds. The molecule has 1 aliphatic rings. The third-order valence-corrected chi connectivity index (χ3v) is 4.24. The molecule has 1 saturated heterocycles. The second-order valence-corrected chi connectivity index (χ2v) is 6.84. The highest BCUT2D eigenvalue weighted by Crippen LogP contribution is 2.17. The smallest absolute Gasteiger partial charge is 0.312 e. The molecule has 0 aromatic heterocycles. The molecular weight excluding hydrogens is 290 g/mol. The fourth-order valence-electron chi connectivity index (χ4n) is 2.98. The quantitative estimate of drug-likeness (QED) is 0.784. The Morgan fingerprint density at radius 1 is 1.04 bits per heavy atom. The zero-order valence-corrected chi connectivity index (χ0v) is 14.6. The van der Waals surface area contributed by atoms with Gasteiger partial charge in [0.15, 0.2) is 0 Å². The summed E-state index contributed by atoms with van der Waals surface area (Å²) < 4.78 is 0. The average Bonchev–Trinajstić information content (AvgIpc) is 2.54. The Morgan fingerprint density at radius 3 is 2.09 bits per heavy atom. The molecule has 5 heteroatoms. The summed E-state index contributed by atoms with van der Waals surface area (Å²) in [5, 5.41) is 0. The largest absolute Gasteiger partial charge is 0.368 e. The lowest BCUT2D eigenvalue weighted by Gasteiger charge is -2.39. The Morgan fingerprint density at radius 2 is 1.61 bits per heavy atom. The number of anilines is 1. The van der Waals surface area contributed by atoms with Crippen LogP contribution >= 0.6 is 0 Å². The van der Waals surface area contributed by atoms with Gasteiger partial charge in [-0.15, -0.1) is 0 Å². The summed E-state index contributed by atoms with van der Waals surface area (Å²) in [5.74, 6) is -0.775. The Hall–Kier alpha value is -2.04. The Kier molecular flexibility index (Phi) is 5.29. The minimum atomic E-state index is -0.395. The van der Waals surface area contributed by atoms with E-state index in [0.29, 0.717) is 19.6 Å². The molecule has 1 heterocycles. The maximum Gasteiger partial charge on any atom is 0.312 e. The van der Waals surface area contributed by atoms with Gasteiger partial charge in [-0.05, 0) is 39.8 Å². The fraction of sp³-hybridized carbons (Fsp3) is 0.556. The molecule has 1 aromatic rings. The van der Waals surface area contributed by atoms with Gasteiger partial charge in [0.1, 0.15) is 0 Å². The summed E-state index contributed by atoms with van der Waals surface area (Å²) in [6.45, 7) is 11.0. The number of benzene rings is 1. The van der Waals surface area contributed by atoms with Crippen LogP contribution in [-0.2, 0) is 9.59 Å². The van der Waals surface area contributed by atoms with Crippen molar-refractivity contribution in [1.29, 1.82) is 0 Å². The normalized spacial score (nSPS) is 15.5. The topological polar surface area (TPSA) is 43.9 Å². The third-order valence-electron chi connectivity index (χ3n) is 4.24. The number of likely N-dealkylation sites (N-methyl/N-ethyl adjacent to an activating group) is 1. The predicted molar refractivity (Wildman–Crippen MR) is 92.4 cm³/mol. The molecule has 1 aliphatic heterocycles. The lowest BCUT2D eigenvalue weighted by Crippen LogP contribution is -2.56. The summed E-state index contributed by atoms with van der Waals surface area (Å²) in [5.41, 5.74) is 0.823. The Bertz CT molecular complexity index is 543. The van der Waals surface area contributed by atoms with Gasteiger partial charge in [0, 0.05) is 44.0 Å². The van der Waals surface area contributed by atoms with Gasteiger partial charge in [-0.2, -0.15) is 0 Å². The van der Waals surface area contributed by atoms with Crippen molar-refractivity contribution in [3.63, 3.8) is 0 Å².